The molecule has 0 radical (unpaired) electrons. The van der Waals surface area contributed by atoms with Gasteiger partial charge in [0.1, 0.15) is 0 Å². The van der Waals surface area contributed by atoms with Gasteiger partial charge in [0.2, 0.25) is 0 Å². The van der Waals surface area contributed by atoms with E-state index in [0.717, 1.165) is 51.9 Å². The van der Waals surface area contributed by atoms with Gasteiger partial charge in [0.15, 0.2) is 0 Å². The number of rotatable bonds is 5. The van der Waals surface area contributed by atoms with E-state index in [4.69, 9.17) is 9.47 Å². The first-order chi connectivity index (χ1) is 12.3. The van der Waals surface area contributed by atoms with E-state index in [1.165, 1.54) is 24.0 Å². The number of nitrogens with zero attached hydrogens (tertiary/aromatic N) is 2. The molecule has 0 amide bonds. The van der Waals surface area contributed by atoms with E-state index in [1.807, 2.05) is 0 Å². The van der Waals surface area contributed by atoms with E-state index < -0.39 is 0 Å². The van der Waals surface area contributed by atoms with Crippen LogP contribution in [0.25, 0.3) is 0 Å². The van der Waals surface area contributed by atoms with Crippen LogP contribution >= 0.6 is 0 Å². The third kappa shape index (κ3) is 3.77. The average Bonchev–Trinajstić information content (AvgIpc) is 3.53. The normalized spacial score (nSPS) is 32.0. The summed E-state index contributed by atoms with van der Waals surface area (Å²) in [5, 5.41) is 0. The lowest BCUT2D eigenvalue weighted by Crippen LogP contribution is -2.47. The standard InChI is InChI=1S/C21H32N2O2/c1-3-22-11-12-24-14-19(22)16-7-9-18(10-8-16)21-13-23(4-2)20(15-25-21)17-5-6-17/h7-10,17,19-21H,3-6,11-15H2,1-2H3. The van der Waals surface area contributed by atoms with Crippen LogP contribution in [0, 0.1) is 5.92 Å². The monoisotopic (exact) mass is 344 g/mol. The van der Waals surface area contributed by atoms with E-state index in [9.17, 15) is 0 Å². The molecule has 4 rings (SSSR count). The zero-order chi connectivity index (χ0) is 17.2. The van der Waals surface area contributed by atoms with Gasteiger partial charge in [0.25, 0.3) is 0 Å². The lowest BCUT2D eigenvalue weighted by Gasteiger charge is -2.40. The Morgan fingerprint density at radius 3 is 2.36 bits per heavy atom. The second kappa shape index (κ2) is 7.75. The van der Waals surface area contributed by atoms with Crippen molar-refractivity contribution in [3.8, 4) is 0 Å². The fourth-order valence-corrected chi connectivity index (χ4v) is 4.46. The Morgan fingerprint density at radius 2 is 1.68 bits per heavy atom. The zero-order valence-electron chi connectivity index (χ0n) is 15.7. The Morgan fingerprint density at radius 1 is 0.960 bits per heavy atom. The number of hydrogen-bond acceptors (Lipinski definition) is 4. The maximum Gasteiger partial charge on any atom is 0.0952 e. The summed E-state index contributed by atoms with van der Waals surface area (Å²) in [6.45, 7) is 11.3. The first kappa shape index (κ1) is 17.5. The molecular formula is C21H32N2O2. The lowest BCUT2D eigenvalue weighted by atomic mass is 9.99. The zero-order valence-corrected chi connectivity index (χ0v) is 15.7. The summed E-state index contributed by atoms with van der Waals surface area (Å²) in [5.41, 5.74) is 2.68. The molecule has 0 N–H and O–H groups in total. The maximum absolute atomic E-state index is 6.26. The lowest BCUT2D eigenvalue weighted by molar-refractivity contribution is -0.0695. The number of morpholine rings is 2. The molecule has 1 aromatic rings. The third-order valence-corrected chi connectivity index (χ3v) is 6.25. The Bertz CT molecular complexity index is 558. The average molecular weight is 344 g/mol. The molecule has 3 aliphatic rings. The summed E-state index contributed by atoms with van der Waals surface area (Å²) in [6.07, 6.45) is 3.00. The van der Waals surface area contributed by atoms with Gasteiger partial charge < -0.3 is 9.47 Å². The molecule has 1 saturated carbocycles. The van der Waals surface area contributed by atoms with Crippen LogP contribution in [0.4, 0.5) is 0 Å². The minimum atomic E-state index is 0.217. The van der Waals surface area contributed by atoms with Gasteiger partial charge in [-0.3, -0.25) is 9.80 Å². The summed E-state index contributed by atoms with van der Waals surface area (Å²) in [6, 6.07) is 10.2. The molecule has 1 aliphatic carbocycles. The van der Waals surface area contributed by atoms with Crippen molar-refractivity contribution in [1.82, 2.24) is 9.80 Å². The van der Waals surface area contributed by atoms with Crippen LogP contribution in [-0.4, -0.2) is 61.8 Å². The van der Waals surface area contributed by atoms with E-state index in [-0.39, 0.29) is 6.10 Å². The van der Waals surface area contributed by atoms with Crippen molar-refractivity contribution in [2.75, 3.05) is 46.0 Å². The minimum absolute atomic E-state index is 0.217. The van der Waals surface area contributed by atoms with Gasteiger partial charge in [-0.25, -0.2) is 0 Å². The Balaban J connectivity index is 1.43. The summed E-state index contributed by atoms with van der Waals surface area (Å²) in [4.78, 5) is 5.14. The SMILES string of the molecule is CCN1CCOCC1c1ccc(C2CN(CC)C(C3CC3)CO2)cc1. The van der Waals surface area contributed by atoms with Gasteiger partial charge in [0.05, 0.1) is 32.0 Å². The third-order valence-electron chi connectivity index (χ3n) is 6.25. The maximum atomic E-state index is 6.26. The van der Waals surface area contributed by atoms with Crippen molar-refractivity contribution in [2.45, 2.75) is 44.9 Å². The van der Waals surface area contributed by atoms with Gasteiger partial charge in [-0.2, -0.15) is 0 Å². The number of ether oxygens (including phenoxy) is 2. The molecule has 0 aromatic heterocycles. The molecule has 0 spiro atoms. The van der Waals surface area contributed by atoms with Crippen molar-refractivity contribution < 1.29 is 9.47 Å². The molecular weight excluding hydrogens is 312 g/mol. The van der Waals surface area contributed by atoms with Gasteiger partial charge in [-0.1, -0.05) is 38.1 Å². The van der Waals surface area contributed by atoms with Crippen LogP contribution in [0.2, 0.25) is 0 Å². The quantitative estimate of drug-likeness (QED) is 0.819. The van der Waals surface area contributed by atoms with Gasteiger partial charge in [-0.05, 0) is 43.0 Å². The summed E-state index contributed by atoms with van der Waals surface area (Å²) in [5.74, 6) is 0.884. The Hall–Kier alpha value is -0.940. The first-order valence-electron chi connectivity index (χ1n) is 10.1. The number of hydrogen-bond donors (Lipinski definition) is 0. The van der Waals surface area contributed by atoms with E-state index >= 15 is 0 Å². The Labute approximate surface area is 152 Å². The van der Waals surface area contributed by atoms with Crippen molar-refractivity contribution in [1.29, 1.82) is 0 Å². The van der Waals surface area contributed by atoms with Crippen LogP contribution in [0.1, 0.15) is 50.0 Å². The van der Waals surface area contributed by atoms with E-state index in [1.54, 1.807) is 0 Å². The van der Waals surface area contributed by atoms with Crippen molar-refractivity contribution in [2.24, 2.45) is 5.92 Å². The van der Waals surface area contributed by atoms with Crippen LogP contribution in [0.5, 0.6) is 0 Å². The van der Waals surface area contributed by atoms with E-state index in [2.05, 4.69) is 47.9 Å². The minimum Gasteiger partial charge on any atom is -0.378 e. The second-order valence-electron chi connectivity index (χ2n) is 7.70. The van der Waals surface area contributed by atoms with Crippen LogP contribution in [0.3, 0.4) is 0 Å². The second-order valence-corrected chi connectivity index (χ2v) is 7.70. The van der Waals surface area contributed by atoms with Crippen LogP contribution in [0.15, 0.2) is 24.3 Å². The van der Waals surface area contributed by atoms with Crippen LogP contribution < -0.4 is 0 Å². The molecule has 25 heavy (non-hydrogen) atoms. The highest BCUT2D eigenvalue weighted by Crippen LogP contribution is 2.39. The highest BCUT2D eigenvalue weighted by atomic mass is 16.5. The smallest absolute Gasteiger partial charge is 0.0952 e. The van der Waals surface area contributed by atoms with Crippen molar-refractivity contribution >= 4 is 0 Å². The van der Waals surface area contributed by atoms with Gasteiger partial charge in [-0.15, -0.1) is 0 Å². The number of benzene rings is 1. The molecule has 138 valence electrons. The molecule has 2 heterocycles. The summed E-state index contributed by atoms with van der Waals surface area (Å²) < 4.78 is 12.0. The fraction of sp³-hybridized carbons (Fsp3) is 0.714. The summed E-state index contributed by atoms with van der Waals surface area (Å²) in [7, 11) is 0. The highest BCUT2D eigenvalue weighted by Gasteiger charge is 2.39. The molecule has 2 aliphatic heterocycles. The molecule has 4 heteroatoms. The first-order valence-corrected chi connectivity index (χ1v) is 10.1. The highest BCUT2D eigenvalue weighted by molar-refractivity contribution is 5.27. The largest absolute Gasteiger partial charge is 0.378 e. The van der Waals surface area contributed by atoms with E-state index in [0.29, 0.717) is 12.1 Å². The van der Waals surface area contributed by atoms with Crippen molar-refractivity contribution in [3.05, 3.63) is 35.4 Å². The fourth-order valence-electron chi connectivity index (χ4n) is 4.46. The molecule has 1 aromatic carbocycles. The molecule has 2 saturated heterocycles. The topological polar surface area (TPSA) is 24.9 Å². The summed E-state index contributed by atoms with van der Waals surface area (Å²) >= 11 is 0. The van der Waals surface area contributed by atoms with Gasteiger partial charge in [0, 0.05) is 19.1 Å². The van der Waals surface area contributed by atoms with Crippen molar-refractivity contribution in [3.63, 3.8) is 0 Å². The van der Waals surface area contributed by atoms with Gasteiger partial charge >= 0.3 is 0 Å². The predicted molar refractivity (Wildman–Crippen MR) is 99.7 cm³/mol. The number of likely N-dealkylation sites (N-methyl/N-ethyl adjacent to an activating group) is 2. The Kier molecular flexibility index (Phi) is 5.41. The molecule has 3 unspecified atom stereocenters. The molecule has 3 fully saturated rings. The molecule has 3 atom stereocenters. The van der Waals surface area contributed by atoms with Crippen LogP contribution in [-0.2, 0) is 9.47 Å². The molecule has 0 bridgehead atoms. The molecule has 4 nitrogen and oxygen atoms in total. The predicted octanol–water partition coefficient (Wildman–Crippen LogP) is 3.25.